The topological polar surface area (TPSA) is 69.7 Å². The van der Waals surface area contributed by atoms with Gasteiger partial charge in [-0.3, -0.25) is 14.5 Å². The highest BCUT2D eigenvalue weighted by Crippen LogP contribution is 2.36. The summed E-state index contributed by atoms with van der Waals surface area (Å²) in [4.78, 5) is 40.9. The maximum absolute atomic E-state index is 13.0. The molecule has 1 aliphatic carbocycles. The van der Waals surface area contributed by atoms with Gasteiger partial charge in [-0.2, -0.15) is 0 Å². The van der Waals surface area contributed by atoms with Crippen LogP contribution in [0, 0.1) is 11.8 Å². The molecule has 1 N–H and O–H groups in total. The third-order valence-corrected chi connectivity index (χ3v) is 5.53. The molecule has 0 aromatic heterocycles. The van der Waals surface area contributed by atoms with E-state index >= 15 is 0 Å². The van der Waals surface area contributed by atoms with Gasteiger partial charge in [0.05, 0.1) is 5.92 Å². The number of amides is 3. The number of ketones is 1. The fraction of sp³-hybridized carbons (Fsp3) is 0.842. The van der Waals surface area contributed by atoms with E-state index in [0.717, 1.165) is 32.1 Å². The average molecular weight is 351 g/mol. The average Bonchev–Trinajstić information content (AvgIpc) is 2.58. The number of hydrogen-bond acceptors (Lipinski definition) is 4. The Morgan fingerprint density at radius 1 is 1.28 bits per heavy atom. The molecule has 2 rings (SSSR count). The number of unbranched alkanes of at least 4 members (excludes halogenated alkanes) is 1. The molecule has 3 amide bonds. The van der Waals surface area contributed by atoms with Crippen molar-refractivity contribution in [1.82, 2.24) is 15.1 Å². The molecular formula is C19H33N3O3. The highest BCUT2D eigenvalue weighted by Gasteiger charge is 2.42. The zero-order chi connectivity index (χ0) is 18.4. The van der Waals surface area contributed by atoms with E-state index in [0.29, 0.717) is 44.3 Å². The molecule has 0 radical (unpaired) electrons. The van der Waals surface area contributed by atoms with Gasteiger partial charge >= 0.3 is 6.03 Å². The summed E-state index contributed by atoms with van der Waals surface area (Å²) in [7, 11) is 2.04. The zero-order valence-electron chi connectivity index (χ0n) is 15.9. The van der Waals surface area contributed by atoms with Crippen molar-refractivity contribution in [2.45, 2.75) is 64.8 Å². The van der Waals surface area contributed by atoms with Crippen LogP contribution in [0.3, 0.4) is 0 Å². The lowest BCUT2D eigenvalue weighted by Gasteiger charge is -2.45. The molecule has 2 aliphatic rings. The van der Waals surface area contributed by atoms with Gasteiger partial charge in [-0.25, -0.2) is 4.79 Å². The van der Waals surface area contributed by atoms with Crippen molar-refractivity contribution in [3.63, 3.8) is 0 Å². The van der Waals surface area contributed by atoms with Gasteiger partial charge in [0.1, 0.15) is 5.78 Å². The third-order valence-electron chi connectivity index (χ3n) is 5.53. The van der Waals surface area contributed by atoms with E-state index in [1.165, 1.54) is 4.90 Å². The maximum Gasteiger partial charge on any atom is 0.324 e. The van der Waals surface area contributed by atoms with Gasteiger partial charge in [-0.1, -0.05) is 20.3 Å². The smallest absolute Gasteiger partial charge is 0.324 e. The van der Waals surface area contributed by atoms with Crippen LogP contribution in [0.15, 0.2) is 0 Å². The summed E-state index contributed by atoms with van der Waals surface area (Å²) in [5.41, 5.74) is 0. The Hall–Kier alpha value is -1.43. The molecule has 1 saturated heterocycles. The van der Waals surface area contributed by atoms with Crippen molar-refractivity contribution in [3.05, 3.63) is 0 Å². The van der Waals surface area contributed by atoms with E-state index in [-0.39, 0.29) is 23.8 Å². The molecule has 25 heavy (non-hydrogen) atoms. The van der Waals surface area contributed by atoms with Crippen LogP contribution >= 0.6 is 0 Å². The Morgan fingerprint density at radius 2 is 2.04 bits per heavy atom. The number of nitrogens with one attached hydrogen (secondary N) is 1. The van der Waals surface area contributed by atoms with Crippen molar-refractivity contribution < 1.29 is 14.4 Å². The van der Waals surface area contributed by atoms with Crippen LogP contribution in [-0.4, -0.2) is 60.2 Å². The number of imide groups is 1. The standard InChI is InChI=1S/C19H33N3O3/c1-4-6-9-20-19(25)22(10-5-2)18(24)15-11-14-12-16(23)7-8-17(14)21(3)13-15/h14-15,17H,4-13H2,1-3H3,(H,20,25)/t14-,15-,17-/m1/s1. The van der Waals surface area contributed by atoms with Gasteiger partial charge in [0.25, 0.3) is 0 Å². The monoisotopic (exact) mass is 351 g/mol. The Morgan fingerprint density at radius 3 is 2.72 bits per heavy atom. The Bertz CT molecular complexity index is 494. The molecule has 1 heterocycles. The lowest BCUT2D eigenvalue weighted by atomic mass is 9.74. The third kappa shape index (κ3) is 5.03. The molecule has 0 bridgehead atoms. The number of likely N-dealkylation sites (tertiary alicyclic amines) is 1. The molecule has 0 aromatic rings. The van der Waals surface area contributed by atoms with Crippen LogP contribution in [0.25, 0.3) is 0 Å². The fourth-order valence-electron chi connectivity index (χ4n) is 4.22. The SMILES string of the molecule is CCCCNC(=O)N(CCC)C(=O)[C@@H]1C[C@@H]2CC(=O)CC[C@H]2N(C)C1. The molecule has 0 aromatic carbocycles. The molecule has 0 spiro atoms. The largest absolute Gasteiger partial charge is 0.338 e. The predicted molar refractivity (Wildman–Crippen MR) is 97.2 cm³/mol. The maximum atomic E-state index is 13.0. The van der Waals surface area contributed by atoms with E-state index in [2.05, 4.69) is 17.1 Å². The van der Waals surface area contributed by atoms with Crippen molar-refractivity contribution in [2.75, 3.05) is 26.7 Å². The molecule has 6 nitrogen and oxygen atoms in total. The van der Waals surface area contributed by atoms with Gasteiger partial charge in [0.2, 0.25) is 5.91 Å². The molecule has 1 saturated carbocycles. The van der Waals surface area contributed by atoms with E-state index in [4.69, 9.17) is 0 Å². The number of fused-ring (bicyclic) bond motifs is 1. The van der Waals surface area contributed by atoms with Gasteiger partial charge < -0.3 is 10.2 Å². The minimum atomic E-state index is -0.273. The Balaban J connectivity index is 2.02. The molecule has 0 unspecified atom stereocenters. The van der Waals surface area contributed by atoms with Crippen LogP contribution in [0.2, 0.25) is 0 Å². The van der Waals surface area contributed by atoms with E-state index in [1.54, 1.807) is 0 Å². The zero-order valence-corrected chi connectivity index (χ0v) is 15.9. The first-order valence-electron chi connectivity index (χ1n) is 9.79. The van der Waals surface area contributed by atoms with Crippen LogP contribution in [-0.2, 0) is 9.59 Å². The number of Topliss-reactive ketones (excluding diaryl/α,β-unsaturated/α-hetero) is 1. The van der Waals surface area contributed by atoms with Gasteiger partial charge in [0.15, 0.2) is 0 Å². The second kappa shape index (κ2) is 9.32. The minimum absolute atomic E-state index is 0.0841. The van der Waals surface area contributed by atoms with E-state index in [1.807, 2.05) is 14.0 Å². The lowest BCUT2D eigenvalue weighted by Crippen LogP contribution is -2.55. The van der Waals surface area contributed by atoms with Gasteiger partial charge in [-0.15, -0.1) is 0 Å². The molecular weight excluding hydrogens is 318 g/mol. The number of rotatable bonds is 6. The minimum Gasteiger partial charge on any atom is -0.338 e. The van der Waals surface area contributed by atoms with Crippen molar-refractivity contribution in [1.29, 1.82) is 0 Å². The van der Waals surface area contributed by atoms with Crippen LogP contribution in [0.1, 0.15) is 58.8 Å². The fourth-order valence-corrected chi connectivity index (χ4v) is 4.22. The van der Waals surface area contributed by atoms with Crippen molar-refractivity contribution in [3.8, 4) is 0 Å². The number of urea groups is 1. The highest BCUT2D eigenvalue weighted by molar-refractivity contribution is 5.95. The van der Waals surface area contributed by atoms with Gasteiger partial charge in [0, 0.05) is 38.5 Å². The van der Waals surface area contributed by atoms with Crippen LogP contribution in [0.4, 0.5) is 4.79 Å². The molecule has 6 heteroatoms. The summed E-state index contributed by atoms with van der Waals surface area (Å²) in [5.74, 6) is 0.283. The summed E-state index contributed by atoms with van der Waals surface area (Å²) >= 11 is 0. The first-order valence-corrected chi connectivity index (χ1v) is 9.79. The molecule has 2 fully saturated rings. The lowest BCUT2D eigenvalue weighted by molar-refractivity contribution is -0.138. The summed E-state index contributed by atoms with van der Waals surface area (Å²) < 4.78 is 0. The first kappa shape index (κ1) is 19.9. The van der Waals surface area contributed by atoms with E-state index in [9.17, 15) is 14.4 Å². The number of carbonyl (C=O) groups is 3. The summed E-state index contributed by atoms with van der Waals surface area (Å²) in [5, 5.41) is 2.86. The quantitative estimate of drug-likeness (QED) is 0.746. The van der Waals surface area contributed by atoms with Gasteiger partial charge in [-0.05, 0) is 38.6 Å². The summed E-state index contributed by atoms with van der Waals surface area (Å²) in [6, 6.07) is 0.129. The summed E-state index contributed by atoms with van der Waals surface area (Å²) in [6.07, 6.45) is 5.53. The number of carbonyl (C=O) groups excluding carboxylic acids is 3. The normalized spacial score (nSPS) is 26.8. The van der Waals surface area contributed by atoms with Crippen LogP contribution < -0.4 is 5.32 Å². The van der Waals surface area contributed by atoms with Crippen LogP contribution in [0.5, 0.6) is 0 Å². The molecule has 142 valence electrons. The number of hydrogen-bond donors (Lipinski definition) is 1. The summed E-state index contributed by atoms with van der Waals surface area (Å²) in [6.45, 7) is 5.77. The predicted octanol–water partition coefficient (Wildman–Crippen LogP) is 2.42. The Kier molecular flexibility index (Phi) is 7.41. The van der Waals surface area contributed by atoms with E-state index < -0.39 is 0 Å². The molecule has 1 aliphatic heterocycles. The number of piperidine rings is 1. The van der Waals surface area contributed by atoms with Crippen molar-refractivity contribution >= 4 is 17.7 Å². The number of nitrogens with zero attached hydrogens (tertiary/aromatic N) is 2. The Labute approximate surface area is 151 Å². The highest BCUT2D eigenvalue weighted by atomic mass is 16.2. The molecule has 3 atom stereocenters. The second-order valence-corrected chi connectivity index (χ2v) is 7.56. The first-order chi connectivity index (χ1) is 12.0. The van der Waals surface area contributed by atoms with Crippen molar-refractivity contribution in [2.24, 2.45) is 11.8 Å². The second-order valence-electron chi connectivity index (χ2n) is 7.56.